The van der Waals surface area contributed by atoms with E-state index in [-0.39, 0.29) is 5.91 Å². The summed E-state index contributed by atoms with van der Waals surface area (Å²) >= 11 is 13.6. The molecule has 3 rings (SSSR count). The van der Waals surface area contributed by atoms with Crippen molar-refractivity contribution in [2.45, 2.75) is 11.4 Å². The van der Waals surface area contributed by atoms with Crippen molar-refractivity contribution in [3.05, 3.63) is 64.6 Å². The van der Waals surface area contributed by atoms with Gasteiger partial charge in [0, 0.05) is 17.6 Å². The number of amides is 1. The maximum atomic E-state index is 12.1. The minimum atomic E-state index is -0.127. The summed E-state index contributed by atoms with van der Waals surface area (Å²) < 4.78 is 0. The van der Waals surface area contributed by atoms with Gasteiger partial charge in [-0.05, 0) is 24.3 Å². The third-order valence-corrected chi connectivity index (χ3v) is 4.94. The number of hydrogen-bond donors (Lipinski definition) is 1. The van der Waals surface area contributed by atoms with Crippen molar-refractivity contribution in [2.24, 2.45) is 0 Å². The first-order valence-corrected chi connectivity index (χ1v) is 9.10. The van der Waals surface area contributed by atoms with Crippen molar-refractivity contribution in [1.29, 1.82) is 0 Å². The molecule has 6 heteroatoms. The Hall–Kier alpha value is -1.75. The largest absolute Gasteiger partial charge is 0.324 e. The van der Waals surface area contributed by atoms with Gasteiger partial charge in [-0.3, -0.25) is 4.79 Å². The first kappa shape index (κ1) is 17.1. The smallest absolute Gasteiger partial charge is 0.225 e. The van der Waals surface area contributed by atoms with Gasteiger partial charge >= 0.3 is 0 Å². The molecule has 0 saturated heterocycles. The van der Waals surface area contributed by atoms with Crippen molar-refractivity contribution in [3.63, 3.8) is 0 Å². The van der Waals surface area contributed by atoms with Crippen molar-refractivity contribution >= 4 is 57.5 Å². The Morgan fingerprint density at radius 3 is 2.54 bits per heavy atom. The molecule has 0 atom stereocenters. The minimum absolute atomic E-state index is 0.127. The number of nitrogens with zero attached hydrogens (tertiary/aromatic N) is 1. The molecule has 0 unspecified atom stereocenters. The highest BCUT2D eigenvalue weighted by Crippen LogP contribution is 2.30. The molecular weight excluding hydrogens is 363 g/mol. The topological polar surface area (TPSA) is 42.0 Å². The molecule has 0 aliphatic heterocycles. The number of hydrogen-bond acceptors (Lipinski definition) is 3. The van der Waals surface area contributed by atoms with Crippen LogP contribution in [0.25, 0.3) is 10.9 Å². The predicted molar refractivity (Wildman–Crippen MR) is 102 cm³/mol. The fraction of sp³-hybridized carbons (Fsp3) is 0.111. The zero-order valence-electron chi connectivity index (χ0n) is 12.6. The van der Waals surface area contributed by atoms with Crippen LogP contribution in [0.3, 0.4) is 0 Å². The van der Waals surface area contributed by atoms with Crippen LogP contribution in [-0.4, -0.2) is 16.6 Å². The van der Waals surface area contributed by atoms with Crippen LogP contribution >= 0.6 is 35.0 Å². The second-order valence-electron chi connectivity index (χ2n) is 5.09. The molecule has 1 amide bonds. The average molecular weight is 377 g/mol. The van der Waals surface area contributed by atoms with E-state index in [0.29, 0.717) is 27.9 Å². The number of thioether (sulfide) groups is 1. The van der Waals surface area contributed by atoms with E-state index >= 15 is 0 Å². The van der Waals surface area contributed by atoms with Crippen LogP contribution in [0.1, 0.15) is 6.42 Å². The zero-order chi connectivity index (χ0) is 16.9. The number of nitrogens with one attached hydrogen (secondary N) is 1. The fourth-order valence-corrected chi connectivity index (χ4v) is 3.51. The summed E-state index contributed by atoms with van der Waals surface area (Å²) in [6, 6.07) is 17.1. The highest BCUT2D eigenvalue weighted by Gasteiger charge is 2.09. The van der Waals surface area contributed by atoms with Gasteiger partial charge in [0.05, 0.1) is 26.3 Å². The number of para-hydroxylation sites is 2. The van der Waals surface area contributed by atoms with Crippen LogP contribution in [-0.2, 0) is 4.79 Å². The molecule has 24 heavy (non-hydrogen) atoms. The maximum absolute atomic E-state index is 12.1. The highest BCUT2D eigenvalue weighted by molar-refractivity contribution is 7.99. The van der Waals surface area contributed by atoms with Crippen LogP contribution in [0.5, 0.6) is 0 Å². The van der Waals surface area contributed by atoms with Gasteiger partial charge < -0.3 is 5.32 Å². The molecule has 0 radical (unpaired) electrons. The first-order valence-electron chi connectivity index (χ1n) is 7.36. The van der Waals surface area contributed by atoms with E-state index in [9.17, 15) is 4.79 Å². The molecule has 0 spiro atoms. The highest BCUT2D eigenvalue weighted by atomic mass is 35.5. The summed E-state index contributed by atoms with van der Waals surface area (Å²) in [5, 5.41) is 5.62. The van der Waals surface area contributed by atoms with Crippen molar-refractivity contribution in [1.82, 2.24) is 4.98 Å². The van der Waals surface area contributed by atoms with Crippen molar-refractivity contribution in [2.75, 3.05) is 11.1 Å². The average Bonchev–Trinajstić information content (AvgIpc) is 2.58. The second kappa shape index (κ2) is 7.88. The lowest BCUT2D eigenvalue weighted by atomic mass is 10.2. The number of carbonyl (C=O) groups is 1. The van der Waals surface area contributed by atoms with E-state index in [4.69, 9.17) is 23.2 Å². The van der Waals surface area contributed by atoms with E-state index in [0.717, 1.165) is 15.9 Å². The van der Waals surface area contributed by atoms with Crippen molar-refractivity contribution < 1.29 is 4.79 Å². The number of aromatic nitrogens is 1. The lowest BCUT2D eigenvalue weighted by Gasteiger charge is -2.09. The molecule has 1 N–H and O–H groups in total. The van der Waals surface area contributed by atoms with Crippen molar-refractivity contribution in [3.8, 4) is 0 Å². The first-order chi connectivity index (χ1) is 11.6. The van der Waals surface area contributed by atoms with Gasteiger partial charge in [0.25, 0.3) is 0 Å². The lowest BCUT2D eigenvalue weighted by Crippen LogP contribution is -2.12. The van der Waals surface area contributed by atoms with Gasteiger partial charge in [0.1, 0.15) is 0 Å². The molecular formula is C18H14Cl2N2OS. The van der Waals surface area contributed by atoms with E-state index < -0.39 is 0 Å². The number of halogens is 2. The summed E-state index contributed by atoms with van der Waals surface area (Å²) in [4.78, 5) is 16.6. The third kappa shape index (κ3) is 4.20. The summed E-state index contributed by atoms with van der Waals surface area (Å²) in [6.45, 7) is 0. The number of fused-ring (bicyclic) bond motifs is 1. The Labute approximate surface area is 154 Å². The number of carbonyl (C=O) groups excluding carboxylic acids is 1. The number of rotatable bonds is 5. The minimum Gasteiger partial charge on any atom is -0.324 e. The van der Waals surface area contributed by atoms with Gasteiger partial charge in [-0.25, -0.2) is 4.98 Å². The maximum Gasteiger partial charge on any atom is 0.225 e. The van der Waals surface area contributed by atoms with Crippen LogP contribution in [0.15, 0.2) is 59.6 Å². The Morgan fingerprint density at radius 1 is 1.00 bits per heavy atom. The standard InChI is InChI=1S/C18H14Cl2N2OS/c19-13-5-3-6-14(20)18(13)22-16(23)10-11-24-17-9-8-12-4-1-2-7-15(12)21-17/h1-9H,10-11H2,(H,22,23). The molecule has 122 valence electrons. The van der Waals surface area contributed by atoms with E-state index in [1.54, 1.807) is 30.0 Å². The molecule has 2 aromatic carbocycles. The van der Waals surface area contributed by atoms with Gasteiger partial charge in [-0.15, -0.1) is 11.8 Å². The van der Waals surface area contributed by atoms with Crippen LogP contribution in [0.4, 0.5) is 5.69 Å². The Balaban J connectivity index is 1.56. The molecule has 3 nitrogen and oxygen atoms in total. The van der Waals surface area contributed by atoms with Gasteiger partial charge in [0.2, 0.25) is 5.91 Å². The molecule has 3 aromatic rings. The van der Waals surface area contributed by atoms with Gasteiger partial charge in [0.15, 0.2) is 0 Å². The Bertz CT molecular complexity index is 866. The molecule has 1 heterocycles. The molecule has 0 aliphatic rings. The van der Waals surface area contributed by atoms with Crippen LogP contribution < -0.4 is 5.32 Å². The zero-order valence-corrected chi connectivity index (χ0v) is 15.0. The fourth-order valence-electron chi connectivity index (χ4n) is 2.20. The Kier molecular flexibility index (Phi) is 5.61. The normalized spacial score (nSPS) is 10.8. The quantitative estimate of drug-likeness (QED) is 0.583. The molecule has 0 bridgehead atoms. The summed E-state index contributed by atoms with van der Waals surface area (Å²) in [5.74, 6) is 0.498. The molecule has 1 aromatic heterocycles. The molecule has 0 saturated carbocycles. The summed E-state index contributed by atoms with van der Waals surface area (Å²) in [7, 11) is 0. The number of anilines is 1. The Morgan fingerprint density at radius 2 is 1.75 bits per heavy atom. The van der Waals surface area contributed by atoms with E-state index in [2.05, 4.69) is 10.3 Å². The summed E-state index contributed by atoms with van der Waals surface area (Å²) in [5.41, 5.74) is 1.41. The van der Waals surface area contributed by atoms with Gasteiger partial charge in [-0.1, -0.05) is 53.5 Å². The second-order valence-corrected chi connectivity index (χ2v) is 7.02. The SMILES string of the molecule is O=C(CCSc1ccc2ccccc2n1)Nc1c(Cl)cccc1Cl. The predicted octanol–water partition coefficient (Wildman–Crippen LogP) is 5.66. The number of benzene rings is 2. The van der Waals surface area contributed by atoms with Gasteiger partial charge in [-0.2, -0.15) is 0 Å². The molecule has 0 aliphatic carbocycles. The van der Waals surface area contributed by atoms with Crippen LogP contribution in [0.2, 0.25) is 10.0 Å². The van der Waals surface area contributed by atoms with E-state index in [1.165, 1.54) is 0 Å². The van der Waals surface area contributed by atoms with Crippen LogP contribution in [0, 0.1) is 0 Å². The monoisotopic (exact) mass is 376 g/mol. The molecule has 0 fully saturated rings. The third-order valence-electron chi connectivity index (χ3n) is 3.38. The number of pyridine rings is 1. The lowest BCUT2D eigenvalue weighted by molar-refractivity contribution is -0.115. The summed E-state index contributed by atoms with van der Waals surface area (Å²) in [6.07, 6.45) is 0.348. The van der Waals surface area contributed by atoms with E-state index in [1.807, 2.05) is 36.4 Å².